The molecule has 0 saturated carbocycles. The third-order valence-corrected chi connectivity index (χ3v) is 9.64. The lowest BCUT2D eigenvalue weighted by molar-refractivity contribution is -0.308. The maximum absolute atomic E-state index is 12.6. The van der Waals surface area contributed by atoms with E-state index in [9.17, 15) is 28.9 Å². The van der Waals surface area contributed by atoms with E-state index in [1.807, 2.05) is 0 Å². The largest absolute Gasteiger partial charge is 0.548 e. The molecule has 11 nitrogen and oxygen atoms in total. The molecule has 0 radical (unpaired) electrons. The summed E-state index contributed by atoms with van der Waals surface area (Å²) in [4.78, 5) is 45.7. The van der Waals surface area contributed by atoms with Crippen LogP contribution in [0.25, 0.3) is 0 Å². The average Bonchev–Trinajstić information content (AvgIpc) is 3.12. The molecule has 0 aromatic rings. The van der Waals surface area contributed by atoms with Gasteiger partial charge >= 0.3 is 19.8 Å². The summed E-state index contributed by atoms with van der Waals surface area (Å²) >= 11 is 0. The standard InChI is InChI=1S/C40H74NO10P/c1-3-5-7-9-11-13-15-17-18-20-22-24-26-28-30-32-39(43)51-36(34-49-52(46,47)50-35-37(41)40(44)45)33-48-38(42)31-29-27-25-23-21-19-16-14-12-10-8-6-4-2/h11,13,17-18,36-37H,3-10,12,14-16,19-35,41H2,1-2H3,(H,44,45)(H,46,47)/p-1/b13-11-,18-17-/t36?,37-/m0/s1. The minimum atomic E-state index is -4.74. The molecule has 0 heterocycles. The van der Waals surface area contributed by atoms with Gasteiger partial charge in [-0.15, -0.1) is 0 Å². The van der Waals surface area contributed by atoms with Crippen LogP contribution >= 0.6 is 7.82 Å². The van der Waals surface area contributed by atoms with Gasteiger partial charge in [0.25, 0.3) is 0 Å². The maximum Gasteiger partial charge on any atom is 0.472 e. The average molecular weight is 759 g/mol. The summed E-state index contributed by atoms with van der Waals surface area (Å²) in [7, 11) is -4.74. The summed E-state index contributed by atoms with van der Waals surface area (Å²) in [5.41, 5.74) is 5.26. The first kappa shape index (κ1) is 50.0. The van der Waals surface area contributed by atoms with Crippen LogP contribution in [-0.4, -0.2) is 54.8 Å². The van der Waals surface area contributed by atoms with Crippen molar-refractivity contribution in [1.29, 1.82) is 0 Å². The second-order valence-corrected chi connectivity index (χ2v) is 15.2. The Bertz CT molecular complexity index is 989. The Morgan fingerprint density at radius 2 is 1.04 bits per heavy atom. The molecule has 0 spiro atoms. The minimum absolute atomic E-state index is 0.141. The highest BCUT2D eigenvalue weighted by Crippen LogP contribution is 2.43. The number of hydrogen-bond donors (Lipinski definition) is 2. The number of phosphoric acid groups is 1. The SMILES string of the molecule is CCCCC/C=C\C/C=C\CCCCCCCC(=O)OC(COC(=O)CCCCCCCCCCCCCCC)COP(=O)(O)OC[C@H](N)C(=O)[O-]. The van der Waals surface area contributed by atoms with Crippen molar-refractivity contribution in [3.63, 3.8) is 0 Å². The van der Waals surface area contributed by atoms with Crippen LogP contribution in [0.2, 0.25) is 0 Å². The quantitative estimate of drug-likeness (QED) is 0.0266. The second-order valence-electron chi connectivity index (χ2n) is 13.8. The van der Waals surface area contributed by atoms with E-state index in [4.69, 9.17) is 19.7 Å². The van der Waals surface area contributed by atoms with Crippen LogP contribution < -0.4 is 10.8 Å². The lowest BCUT2D eigenvalue weighted by Gasteiger charge is -2.21. The van der Waals surface area contributed by atoms with Crippen LogP contribution in [0.1, 0.15) is 181 Å². The number of unbranched alkanes of at least 4 members (excludes halogenated alkanes) is 20. The highest BCUT2D eigenvalue weighted by atomic mass is 31.2. The highest BCUT2D eigenvalue weighted by Gasteiger charge is 2.27. The zero-order chi connectivity index (χ0) is 38.5. The number of carbonyl (C=O) groups is 3. The fourth-order valence-electron chi connectivity index (χ4n) is 5.44. The monoisotopic (exact) mass is 758 g/mol. The lowest BCUT2D eigenvalue weighted by atomic mass is 10.0. The normalized spacial score (nSPS) is 14.1. The van der Waals surface area contributed by atoms with Gasteiger partial charge in [0, 0.05) is 12.8 Å². The smallest absolute Gasteiger partial charge is 0.472 e. The van der Waals surface area contributed by atoms with Gasteiger partial charge in [-0.25, -0.2) is 4.57 Å². The van der Waals surface area contributed by atoms with Crippen LogP contribution in [-0.2, 0) is 37.5 Å². The van der Waals surface area contributed by atoms with Gasteiger partial charge in [-0.2, -0.15) is 0 Å². The van der Waals surface area contributed by atoms with Crippen molar-refractivity contribution < 1.29 is 47.5 Å². The van der Waals surface area contributed by atoms with Crippen molar-refractivity contribution in [2.75, 3.05) is 19.8 Å². The van der Waals surface area contributed by atoms with E-state index in [1.54, 1.807) is 0 Å². The van der Waals surface area contributed by atoms with Gasteiger partial charge in [0.15, 0.2) is 6.10 Å². The van der Waals surface area contributed by atoms with Crippen molar-refractivity contribution in [1.82, 2.24) is 0 Å². The van der Waals surface area contributed by atoms with Crippen molar-refractivity contribution in [2.24, 2.45) is 5.73 Å². The summed E-state index contributed by atoms with van der Waals surface area (Å²) in [5, 5.41) is 10.8. The number of carbonyl (C=O) groups excluding carboxylic acids is 3. The van der Waals surface area contributed by atoms with Gasteiger partial charge in [-0.1, -0.05) is 147 Å². The van der Waals surface area contributed by atoms with Crippen molar-refractivity contribution in [3.8, 4) is 0 Å². The summed E-state index contributed by atoms with van der Waals surface area (Å²) in [6.07, 6.45) is 35.1. The van der Waals surface area contributed by atoms with Gasteiger partial charge in [0.05, 0.1) is 25.2 Å². The summed E-state index contributed by atoms with van der Waals surface area (Å²) < 4.78 is 32.5. The van der Waals surface area contributed by atoms with E-state index in [0.29, 0.717) is 12.8 Å². The van der Waals surface area contributed by atoms with E-state index in [-0.39, 0.29) is 19.4 Å². The van der Waals surface area contributed by atoms with Crippen LogP contribution in [0.15, 0.2) is 24.3 Å². The molecular formula is C40H73NO10P-. The predicted octanol–water partition coefficient (Wildman–Crippen LogP) is 8.95. The molecule has 0 saturated heterocycles. The fraction of sp³-hybridized carbons (Fsp3) is 0.825. The zero-order valence-corrected chi connectivity index (χ0v) is 33.5. The lowest BCUT2D eigenvalue weighted by Crippen LogP contribution is -2.44. The third kappa shape index (κ3) is 35.0. The second kappa shape index (κ2) is 36.0. The molecule has 0 aliphatic heterocycles. The Hall–Kier alpha value is -2.04. The van der Waals surface area contributed by atoms with E-state index in [1.165, 1.54) is 77.0 Å². The first-order chi connectivity index (χ1) is 25.1. The van der Waals surface area contributed by atoms with Gasteiger partial charge in [-0.05, 0) is 44.9 Å². The maximum atomic E-state index is 12.6. The number of esters is 2. The molecule has 0 amide bonds. The molecule has 304 valence electrons. The van der Waals surface area contributed by atoms with Gasteiger partial charge < -0.3 is 30.0 Å². The summed E-state index contributed by atoms with van der Waals surface area (Å²) in [5.74, 6) is -2.66. The summed E-state index contributed by atoms with van der Waals surface area (Å²) in [6, 6.07) is -1.63. The predicted molar refractivity (Wildman–Crippen MR) is 205 cm³/mol. The van der Waals surface area contributed by atoms with E-state index in [2.05, 4.69) is 42.7 Å². The van der Waals surface area contributed by atoms with E-state index >= 15 is 0 Å². The molecule has 0 rings (SSSR count). The number of nitrogens with two attached hydrogens (primary N) is 1. The van der Waals surface area contributed by atoms with Gasteiger partial charge in [-0.3, -0.25) is 18.6 Å². The molecule has 3 N–H and O–H groups in total. The van der Waals surface area contributed by atoms with Crippen LogP contribution in [0.3, 0.4) is 0 Å². The number of allylic oxidation sites excluding steroid dienone is 4. The number of rotatable bonds is 38. The number of carboxylic acids is 1. The highest BCUT2D eigenvalue weighted by molar-refractivity contribution is 7.47. The van der Waals surface area contributed by atoms with Crippen molar-refractivity contribution in [3.05, 3.63) is 24.3 Å². The van der Waals surface area contributed by atoms with Gasteiger partial charge in [0.2, 0.25) is 0 Å². The van der Waals surface area contributed by atoms with Crippen molar-refractivity contribution in [2.45, 2.75) is 193 Å². The van der Waals surface area contributed by atoms with Gasteiger partial charge in [0.1, 0.15) is 6.61 Å². The fourth-order valence-corrected chi connectivity index (χ4v) is 6.22. The van der Waals surface area contributed by atoms with Crippen molar-refractivity contribution >= 4 is 25.7 Å². The number of carboxylic acid groups (broad SMARTS) is 1. The topological polar surface area (TPSA) is 175 Å². The molecule has 0 bridgehead atoms. The Kier molecular flexibility index (Phi) is 34.6. The number of phosphoric ester groups is 1. The zero-order valence-electron chi connectivity index (χ0n) is 32.6. The first-order valence-electron chi connectivity index (χ1n) is 20.3. The Balaban J connectivity index is 4.42. The first-order valence-corrected chi connectivity index (χ1v) is 21.8. The molecule has 0 aliphatic carbocycles. The van der Waals surface area contributed by atoms with Crippen LogP contribution in [0, 0.1) is 0 Å². The van der Waals surface area contributed by atoms with E-state index in [0.717, 1.165) is 64.2 Å². The molecule has 12 heteroatoms. The Morgan fingerprint density at radius 3 is 1.56 bits per heavy atom. The molecule has 52 heavy (non-hydrogen) atoms. The number of hydrogen-bond acceptors (Lipinski definition) is 10. The molecular weight excluding hydrogens is 685 g/mol. The van der Waals surface area contributed by atoms with Crippen LogP contribution in [0.5, 0.6) is 0 Å². The summed E-state index contributed by atoms with van der Waals surface area (Å²) in [6.45, 7) is 2.66. The molecule has 0 fully saturated rings. The third-order valence-electron chi connectivity index (χ3n) is 8.69. The molecule has 0 aromatic heterocycles. The number of aliphatic carboxylic acids is 1. The van der Waals surface area contributed by atoms with Crippen LogP contribution in [0.4, 0.5) is 0 Å². The minimum Gasteiger partial charge on any atom is -0.548 e. The molecule has 0 aromatic carbocycles. The Labute approximate surface area is 315 Å². The Morgan fingerprint density at radius 1 is 0.615 bits per heavy atom. The molecule has 0 aliphatic rings. The molecule has 3 atom stereocenters. The number of ether oxygens (including phenoxy) is 2. The van der Waals surface area contributed by atoms with E-state index < -0.39 is 51.1 Å². The molecule has 2 unspecified atom stereocenters.